The van der Waals surface area contributed by atoms with Crippen LogP contribution in [0.1, 0.15) is 367 Å². The molecule has 0 N–H and O–H groups in total. The minimum absolute atomic E-state index is 0.0813. The molecule has 0 aromatic carbocycles. The number of hydrogen-bond acceptors (Lipinski definition) is 6. The van der Waals surface area contributed by atoms with Crippen LogP contribution in [0.5, 0.6) is 0 Å². The Labute approximate surface area is 503 Å². The first-order valence-corrected chi connectivity index (χ1v) is 35.4. The summed E-state index contributed by atoms with van der Waals surface area (Å²) in [7, 11) is 0. The standard InChI is InChI=1S/C75H134O6/c1-4-7-10-13-16-19-22-25-27-29-31-33-34-35-36-37-38-39-40-42-43-45-47-50-53-56-59-62-65-68-74(77)80-71-72(70-79-73(76)67-64-61-58-55-52-49-24-21-18-15-12-9-6-3)81-75(78)69-66-63-60-57-54-51-48-46-44-41-32-30-28-26-23-20-17-14-11-8-5-2/h9,12,18,21-22,25,29,31,34-35,49,52,72H,4-8,10-11,13-17,19-20,23-24,26-28,30,32-33,36-48,50-51,53-71H2,1-3H3/b12-9-,21-18-,25-22-,31-29-,35-34-,52-49-. The molecule has 0 amide bonds. The smallest absolute Gasteiger partial charge is 0.306 e. The second kappa shape index (κ2) is 69.3. The van der Waals surface area contributed by atoms with E-state index in [0.29, 0.717) is 19.3 Å². The van der Waals surface area contributed by atoms with Gasteiger partial charge in [0.2, 0.25) is 0 Å². The minimum atomic E-state index is -0.787. The van der Waals surface area contributed by atoms with Gasteiger partial charge in [0.25, 0.3) is 0 Å². The molecule has 81 heavy (non-hydrogen) atoms. The fraction of sp³-hybridized carbons (Fsp3) is 0.800. The van der Waals surface area contributed by atoms with Gasteiger partial charge in [0.1, 0.15) is 13.2 Å². The summed E-state index contributed by atoms with van der Waals surface area (Å²) in [6, 6.07) is 0. The van der Waals surface area contributed by atoms with Crippen LogP contribution in [0, 0.1) is 0 Å². The van der Waals surface area contributed by atoms with Crippen LogP contribution in [0.2, 0.25) is 0 Å². The van der Waals surface area contributed by atoms with E-state index in [-0.39, 0.29) is 31.1 Å². The fourth-order valence-electron chi connectivity index (χ4n) is 10.4. The summed E-state index contributed by atoms with van der Waals surface area (Å²) in [6.07, 6.45) is 90.8. The molecule has 0 aromatic rings. The molecule has 0 saturated heterocycles. The van der Waals surface area contributed by atoms with Crippen LogP contribution in [0.3, 0.4) is 0 Å². The molecule has 0 aliphatic heterocycles. The van der Waals surface area contributed by atoms with Gasteiger partial charge in [0.15, 0.2) is 6.10 Å². The van der Waals surface area contributed by atoms with Crippen molar-refractivity contribution in [1.29, 1.82) is 0 Å². The van der Waals surface area contributed by atoms with Crippen molar-refractivity contribution >= 4 is 17.9 Å². The van der Waals surface area contributed by atoms with Crippen LogP contribution < -0.4 is 0 Å². The van der Waals surface area contributed by atoms with E-state index < -0.39 is 6.10 Å². The Morgan fingerprint density at radius 2 is 0.481 bits per heavy atom. The largest absolute Gasteiger partial charge is 0.462 e. The van der Waals surface area contributed by atoms with Crippen molar-refractivity contribution in [2.45, 2.75) is 374 Å². The van der Waals surface area contributed by atoms with E-state index in [0.717, 1.165) is 96.3 Å². The molecule has 6 nitrogen and oxygen atoms in total. The highest BCUT2D eigenvalue weighted by molar-refractivity contribution is 5.71. The van der Waals surface area contributed by atoms with Crippen molar-refractivity contribution in [1.82, 2.24) is 0 Å². The van der Waals surface area contributed by atoms with Crippen LogP contribution >= 0.6 is 0 Å². The van der Waals surface area contributed by atoms with Gasteiger partial charge in [0.05, 0.1) is 0 Å². The van der Waals surface area contributed by atoms with Gasteiger partial charge in [-0.1, -0.05) is 331 Å². The summed E-state index contributed by atoms with van der Waals surface area (Å²) >= 11 is 0. The third-order valence-corrected chi connectivity index (χ3v) is 15.7. The monoisotopic (exact) mass is 1130 g/mol. The van der Waals surface area contributed by atoms with Gasteiger partial charge >= 0.3 is 17.9 Å². The normalized spacial score (nSPS) is 12.5. The SMILES string of the molecule is CC/C=C\C/C=C\C/C=C\CCCCCC(=O)OCC(COC(=O)CCCCCCCCCCCCCCCC/C=C\C/C=C\C/C=C\CCCCCCC)OC(=O)CCCCCCCCCCCCCCCCCCCCCCC. The molecule has 470 valence electrons. The second-order valence-corrected chi connectivity index (χ2v) is 23.8. The maximum absolute atomic E-state index is 12.9. The van der Waals surface area contributed by atoms with Crippen molar-refractivity contribution in [3.05, 3.63) is 72.9 Å². The number of allylic oxidation sites excluding steroid dienone is 12. The third-order valence-electron chi connectivity index (χ3n) is 15.7. The van der Waals surface area contributed by atoms with Crippen molar-refractivity contribution in [3.63, 3.8) is 0 Å². The molecular weight excluding hydrogens is 997 g/mol. The van der Waals surface area contributed by atoms with E-state index in [1.165, 1.54) is 231 Å². The summed E-state index contributed by atoms with van der Waals surface area (Å²) in [5.41, 5.74) is 0. The number of rotatable bonds is 65. The zero-order chi connectivity index (χ0) is 58.5. The van der Waals surface area contributed by atoms with E-state index in [1.807, 2.05) is 0 Å². The Bertz CT molecular complexity index is 1490. The Hall–Kier alpha value is -3.15. The second-order valence-electron chi connectivity index (χ2n) is 23.8. The summed E-state index contributed by atoms with van der Waals surface area (Å²) in [5, 5.41) is 0. The van der Waals surface area contributed by atoms with Gasteiger partial charge in [-0.2, -0.15) is 0 Å². The van der Waals surface area contributed by atoms with Crippen LogP contribution in [-0.2, 0) is 28.6 Å². The van der Waals surface area contributed by atoms with E-state index in [1.54, 1.807) is 0 Å². The lowest BCUT2D eigenvalue weighted by atomic mass is 10.0. The maximum Gasteiger partial charge on any atom is 0.306 e. The molecule has 0 heterocycles. The Balaban J connectivity index is 4.23. The van der Waals surface area contributed by atoms with Crippen molar-refractivity contribution in [3.8, 4) is 0 Å². The lowest BCUT2D eigenvalue weighted by molar-refractivity contribution is -0.167. The molecular formula is C75H134O6. The molecule has 1 atom stereocenters. The highest BCUT2D eigenvalue weighted by Gasteiger charge is 2.19. The van der Waals surface area contributed by atoms with E-state index >= 15 is 0 Å². The number of carbonyl (C=O) groups excluding carboxylic acids is 3. The van der Waals surface area contributed by atoms with E-state index in [4.69, 9.17) is 14.2 Å². The molecule has 0 aliphatic carbocycles. The van der Waals surface area contributed by atoms with Crippen LogP contribution in [-0.4, -0.2) is 37.2 Å². The Morgan fingerprint density at radius 1 is 0.259 bits per heavy atom. The molecule has 0 spiro atoms. The number of esters is 3. The topological polar surface area (TPSA) is 78.9 Å². The van der Waals surface area contributed by atoms with Gasteiger partial charge in [-0.3, -0.25) is 14.4 Å². The quantitative estimate of drug-likeness (QED) is 0.0261. The zero-order valence-corrected chi connectivity index (χ0v) is 54.1. The van der Waals surface area contributed by atoms with Gasteiger partial charge in [-0.15, -0.1) is 0 Å². The van der Waals surface area contributed by atoms with Crippen LogP contribution in [0.15, 0.2) is 72.9 Å². The molecule has 0 saturated carbocycles. The summed E-state index contributed by atoms with van der Waals surface area (Å²) in [4.78, 5) is 38.4. The predicted octanol–water partition coefficient (Wildman–Crippen LogP) is 24.4. The first-order chi connectivity index (χ1) is 40.0. The molecule has 0 fully saturated rings. The summed E-state index contributed by atoms with van der Waals surface area (Å²) < 4.78 is 17.0. The van der Waals surface area contributed by atoms with Gasteiger partial charge < -0.3 is 14.2 Å². The third kappa shape index (κ3) is 67.5. The van der Waals surface area contributed by atoms with Gasteiger partial charge in [-0.05, 0) is 89.9 Å². The molecule has 0 bridgehead atoms. The predicted molar refractivity (Wildman–Crippen MR) is 353 cm³/mol. The number of carbonyl (C=O) groups is 3. The number of hydrogen-bond donors (Lipinski definition) is 0. The molecule has 1 unspecified atom stereocenters. The first kappa shape index (κ1) is 77.9. The van der Waals surface area contributed by atoms with Gasteiger partial charge in [-0.25, -0.2) is 0 Å². The molecule has 6 heteroatoms. The maximum atomic E-state index is 12.9. The lowest BCUT2D eigenvalue weighted by Crippen LogP contribution is -2.30. The molecule has 0 radical (unpaired) electrons. The fourth-order valence-corrected chi connectivity index (χ4v) is 10.4. The average Bonchev–Trinajstić information content (AvgIpc) is 3.46. The highest BCUT2D eigenvalue weighted by Crippen LogP contribution is 2.18. The highest BCUT2D eigenvalue weighted by atomic mass is 16.6. The van der Waals surface area contributed by atoms with E-state index in [9.17, 15) is 14.4 Å². The first-order valence-electron chi connectivity index (χ1n) is 35.4. The Kier molecular flexibility index (Phi) is 66.6. The van der Waals surface area contributed by atoms with E-state index in [2.05, 4.69) is 93.7 Å². The minimum Gasteiger partial charge on any atom is -0.462 e. The van der Waals surface area contributed by atoms with Gasteiger partial charge in [0, 0.05) is 19.3 Å². The zero-order valence-electron chi connectivity index (χ0n) is 54.1. The summed E-state index contributed by atoms with van der Waals surface area (Å²) in [5.74, 6) is -0.891. The van der Waals surface area contributed by atoms with Crippen molar-refractivity contribution in [2.24, 2.45) is 0 Å². The average molecular weight is 1130 g/mol. The molecule has 0 aliphatic rings. The lowest BCUT2D eigenvalue weighted by Gasteiger charge is -2.18. The van der Waals surface area contributed by atoms with Crippen molar-refractivity contribution < 1.29 is 28.6 Å². The van der Waals surface area contributed by atoms with Crippen LogP contribution in [0.4, 0.5) is 0 Å². The molecule has 0 rings (SSSR count). The van der Waals surface area contributed by atoms with Crippen LogP contribution in [0.25, 0.3) is 0 Å². The Morgan fingerprint density at radius 3 is 0.765 bits per heavy atom. The summed E-state index contributed by atoms with van der Waals surface area (Å²) in [6.45, 7) is 6.55. The number of ether oxygens (including phenoxy) is 3. The van der Waals surface area contributed by atoms with Crippen molar-refractivity contribution in [2.75, 3.05) is 13.2 Å². The molecule has 0 aromatic heterocycles. The number of unbranched alkanes of at least 4 members (excludes halogenated alkanes) is 42.